The summed E-state index contributed by atoms with van der Waals surface area (Å²) in [6.07, 6.45) is 4.99. The monoisotopic (exact) mass is 312 g/mol. The zero-order valence-corrected chi connectivity index (χ0v) is 11.9. The summed E-state index contributed by atoms with van der Waals surface area (Å²) in [6.45, 7) is 2.44. The summed E-state index contributed by atoms with van der Waals surface area (Å²) < 4.78 is 14.2. The summed E-state index contributed by atoms with van der Waals surface area (Å²) >= 11 is 3.47. The van der Waals surface area contributed by atoms with E-state index < -0.39 is 0 Å². The van der Waals surface area contributed by atoms with Gasteiger partial charge >= 0.3 is 0 Å². The predicted octanol–water partition coefficient (Wildman–Crippen LogP) is 3.63. The van der Waals surface area contributed by atoms with Gasteiger partial charge in [0.05, 0.1) is 5.69 Å². The van der Waals surface area contributed by atoms with Crippen molar-refractivity contribution >= 4 is 21.6 Å². The average molecular weight is 313 g/mol. The van der Waals surface area contributed by atoms with Gasteiger partial charge in [0.1, 0.15) is 5.82 Å². The van der Waals surface area contributed by atoms with Gasteiger partial charge in [-0.15, -0.1) is 0 Å². The van der Waals surface area contributed by atoms with Crippen LogP contribution in [0.3, 0.4) is 0 Å². The largest absolute Gasteiger partial charge is 0.381 e. The minimum atomic E-state index is -0.181. The van der Waals surface area contributed by atoms with Gasteiger partial charge in [-0.2, -0.15) is 0 Å². The fourth-order valence-electron chi connectivity index (χ4n) is 3.18. The minimum absolute atomic E-state index is 0.181. The van der Waals surface area contributed by atoms with Crippen molar-refractivity contribution < 1.29 is 4.39 Å². The summed E-state index contributed by atoms with van der Waals surface area (Å²) in [4.78, 5) is 2.60. The van der Waals surface area contributed by atoms with Gasteiger partial charge in [0.15, 0.2) is 0 Å². The van der Waals surface area contributed by atoms with E-state index in [0.717, 1.165) is 22.6 Å². The standard InChI is InChI=1S/C14H18BrFN2/c15-13-4-3-10(16)8-14(13)17-11-5-7-18-6-1-2-12(18)9-11/h3-4,8,11-12,17H,1-2,5-7,9H2. The first-order chi connectivity index (χ1) is 8.72. The molecular formula is C14H18BrFN2. The first-order valence-electron chi connectivity index (χ1n) is 6.68. The van der Waals surface area contributed by atoms with E-state index in [-0.39, 0.29) is 5.82 Å². The van der Waals surface area contributed by atoms with E-state index in [1.54, 1.807) is 12.1 Å². The molecule has 2 atom stereocenters. The lowest BCUT2D eigenvalue weighted by Gasteiger charge is -2.35. The second kappa shape index (κ2) is 5.17. The summed E-state index contributed by atoms with van der Waals surface area (Å²) in [7, 11) is 0. The van der Waals surface area contributed by atoms with Crippen LogP contribution in [0.15, 0.2) is 22.7 Å². The van der Waals surface area contributed by atoms with Crippen molar-refractivity contribution in [2.24, 2.45) is 0 Å². The van der Waals surface area contributed by atoms with Crippen LogP contribution in [0, 0.1) is 5.82 Å². The molecule has 0 aromatic heterocycles. The highest BCUT2D eigenvalue weighted by Gasteiger charge is 2.31. The molecule has 1 aromatic rings. The number of anilines is 1. The number of piperidine rings is 1. The van der Waals surface area contributed by atoms with Crippen molar-refractivity contribution in [1.82, 2.24) is 4.90 Å². The fourth-order valence-corrected chi connectivity index (χ4v) is 3.54. The molecule has 2 heterocycles. The number of nitrogens with one attached hydrogen (secondary N) is 1. The van der Waals surface area contributed by atoms with Crippen LogP contribution in [-0.4, -0.2) is 30.1 Å². The van der Waals surface area contributed by atoms with Crippen molar-refractivity contribution in [3.05, 3.63) is 28.5 Å². The molecule has 2 fully saturated rings. The molecule has 0 saturated carbocycles. The van der Waals surface area contributed by atoms with Gasteiger partial charge in [-0.3, -0.25) is 0 Å². The Balaban J connectivity index is 1.67. The molecule has 18 heavy (non-hydrogen) atoms. The Morgan fingerprint density at radius 3 is 3.06 bits per heavy atom. The second-order valence-corrected chi connectivity index (χ2v) is 6.18. The topological polar surface area (TPSA) is 15.3 Å². The van der Waals surface area contributed by atoms with Gasteiger partial charge in [0.2, 0.25) is 0 Å². The highest BCUT2D eigenvalue weighted by atomic mass is 79.9. The molecule has 3 rings (SSSR count). The molecule has 0 spiro atoms. The number of rotatable bonds is 2. The van der Waals surface area contributed by atoms with Gasteiger partial charge in [0.25, 0.3) is 0 Å². The van der Waals surface area contributed by atoms with E-state index in [1.807, 2.05) is 0 Å². The lowest BCUT2D eigenvalue weighted by molar-refractivity contribution is 0.188. The van der Waals surface area contributed by atoms with Crippen LogP contribution < -0.4 is 5.32 Å². The predicted molar refractivity (Wildman–Crippen MR) is 75.3 cm³/mol. The van der Waals surface area contributed by atoms with Gasteiger partial charge < -0.3 is 10.2 Å². The zero-order chi connectivity index (χ0) is 12.5. The summed E-state index contributed by atoms with van der Waals surface area (Å²) in [6, 6.07) is 6.04. The Bertz CT molecular complexity index is 438. The third-order valence-electron chi connectivity index (χ3n) is 4.11. The van der Waals surface area contributed by atoms with Crippen molar-refractivity contribution in [3.8, 4) is 0 Å². The molecular weight excluding hydrogens is 295 g/mol. The van der Waals surface area contributed by atoms with Gasteiger partial charge in [-0.05, 0) is 66.4 Å². The molecule has 1 N–H and O–H groups in total. The first-order valence-corrected chi connectivity index (χ1v) is 7.47. The maximum atomic E-state index is 13.2. The van der Waals surface area contributed by atoms with Gasteiger partial charge in [-0.1, -0.05) is 0 Å². The Labute approximate surface area is 116 Å². The number of hydrogen-bond acceptors (Lipinski definition) is 2. The van der Waals surface area contributed by atoms with Gasteiger partial charge in [0, 0.05) is 23.1 Å². The van der Waals surface area contributed by atoms with Crippen LogP contribution in [0.2, 0.25) is 0 Å². The van der Waals surface area contributed by atoms with Crippen LogP contribution in [0.5, 0.6) is 0 Å². The van der Waals surface area contributed by atoms with E-state index in [2.05, 4.69) is 26.1 Å². The first kappa shape index (κ1) is 12.4. The van der Waals surface area contributed by atoms with E-state index in [1.165, 1.54) is 38.4 Å². The van der Waals surface area contributed by atoms with Gasteiger partial charge in [-0.25, -0.2) is 4.39 Å². The van der Waals surface area contributed by atoms with Crippen LogP contribution in [0.25, 0.3) is 0 Å². The molecule has 0 bridgehead atoms. The summed E-state index contributed by atoms with van der Waals surface area (Å²) in [5, 5.41) is 3.49. The maximum Gasteiger partial charge on any atom is 0.125 e. The quantitative estimate of drug-likeness (QED) is 0.897. The molecule has 2 saturated heterocycles. The van der Waals surface area contributed by atoms with Crippen LogP contribution in [0.4, 0.5) is 10.1 Å². The third kappa shape index (κ3) is 2.54. The SMILES string of the molecule is Fc1ccc(Br)c(NC2CCN3CCCC3C2)c1. The molecule has 4 heteroatoms. The van der Waals surface area contributed by atoms with Crippen LogP contribution >= 0.6 is 15.9 Å². The molecule has 2 aliphatic heterocycles. The number of benzene rings is 1. The highest BCUT2D eigenvalue weighted by molar-refractivity contribution is 9.10. The van der Waals surface area contributed by atoms with Crippen molar-refractivity contribution in [2.45, 2.75) is 37.8 Å². The molecule has 98 valence electrons. The lowest BCUT2D eigenvalue weighted by Crippen LogP contribution is -2.42. The minimum Gasteiger partial charge on any atom is -0.381 e. The van der Waals surface area contributed by atoms with Crippen molar-refractivity contribution in [3.63, 3.8) is 0 Å². The Morgan fingerprint density at radius 1 is 1.28 bits per heavy atom. The summed E-state index contributed by atoms with van der Waals surface area (Å²) in [5.41, 5.74) is 0.881. The second-order valence-electron chi connectivity index (χ2n) is 5.32. The van der Waals surface area contributed by atoms with E-state index in [4.69, 9.17) is 0 Å². The number of fused-ring (bicyclic) bond motifs is 1. The Morgan fingerprint density at radius 2 is 2.17 bits per heavy atom. The molecule has 2 unspecified atom stereocenters. The van der Waals surface area contributed by atoms with E-state index >= 15 is 0 Å². The average Bonchev–Trinajstić information content (AvgIpc) is 2.81. The van der Waals surface area contributed by atoms with Crippen molar-refractivity contribution in [2.75, 3.05) is 18.4 Å². The van der Waals surface area contributed by atoms with Crippen LogP contribution in [0.1, 0.15) is 25.7 Å². The molecule has 2 nitrogen and oxygen atoms in total. The number of nitrogens with zero attached hydrogens (tertiary/aromatic N) is 1. The molecule has 0 amide bonds. The molecule has 0 radical (unpaired) electrons. The van der Waals surface area contributed by atoms with Crippen LogP contribution in [-0.2, 0) is 0 Å². The van der Waals surface area contributed by atoms with Crippen molar-refractivity contribution in [1.29, 1.82) is 0 Å². The molecule has 0 aliphatic carbocycles. The normalized spacial score (nSPS) is 28.1. The number of halogens is 2. The Kier molecular flexibility index (Phi) is 3.57. The lowest BCUT2D eigenvalue weighted by atomic mass is 9.97. The fraction of sp³-hybridized carbons (Fsp3) is 0.571. The third-order valence-corrected chi connectivity index (χ3v) is 4.80. The zero-order valence-electron chi connectivity index (χ0n) is 10.3. The summed E-state index contributed by atoms with van der Waals surface area (Å²) in [5.74, 6) is -0.181. The maximum absolute atomic E-state index is 13.2. The van der Waals surface area contributed by atoms with E-state index in [9.17, 15) is 4.39 Å². The van der Waals surface area contributed by atoms with E-state index in [0.29, 0.717) is 6.04 Å². The number of hydrogen-bond donors (Lipinski definition) is 1. The Hall–Kier alpha value is -0.610. The molecule has 1 aromatic carbocycles. The molecule has 2 aliphatic rings. The highest BCUT2D eigenvalue weighted by Crippen LogP contribution is 2.30. The smallest absolute Gasteiger partial charge is 0.125 e.